The van der Waals surface area contributed by atoms with Gasteiger partial charge < -0.3 is 5.11 Å². The zero-order chi connectivity index (χ0) is 12.7. The standard InChI is InChI=1S/C10H18N2O4S/c1-10(4-5-10)11-17(15,16)12-6-2-8(3-7-12)9(13)14/h8,11H,2-7H2,1H3,(H,13,14). The van der Waals surface area contributed by atoms with Crippen LogP contribution in [0.25, 0.3) is 0 Å². The normalized spacial score (nSPS) is 25.7. The SMILES string of the molecule is CC1(NS(=O)(=O)N2CCC(C(=O)O)CC2)CC1. The third kappa shape index (κ3) is 2.97. The summed E-state index contributed by atoms with van der Waals surface area (Å²) >= 11 is 0. The van der Waals surface area contributed by atoms with E-state index in [1.807, 2.05) is 6.92 Å². The molecule has 1 saturated carbocycles. The van der Waals surface area contributed by atoms with E-state index in [1.54, 1.807) is 0 Å². The van der Waals surface area contributed by atoms with Gasteiger partial charge in [0.1, 0.15) is 0 Å². The van der Waals surface area contributed by atoms with Crippen LogP contribution < -0.4 is 4.72 Å². The van der Waals surface area contributed by atoms with Crippen molar-refractivity contribution < 1.29 is 18.3 Å². The van der Waals surface area contributed by atoms with Gasteiger partial charge in [-0.25, -0.2) is 0 Å². The monoisotopic (exact) mass is 262 g/mol. The smallest absolute Gasteiger partial charge is 0.306 e. The molecule has 0 aromatic carbocycles. The van der Waals surface area contributed by atoms with E-state index in [1.165, 1.54) is 4.31 Å². The first-order chi connectivity index (χ1) is 7.82. The van der Waals surface area contributed by atoms with E-state index in [-0.39, 0.29) is 5.54 Å². The van der Waals surface area contributed by atoms with Gasteiger partial charge in [-0.3, -0.25) is 4.79 Å². The van der Waals surface area contributed by atoms with E-state index in [4.69, 9.17) is 5.11 Å². The third-order valence-electron chi connectivity index (χ3n) is 3.52. The number of carboxylic acid groups (broad SMARTS) is 1. The van der Waals surface area contributed by atoms with Crippen molar-refractivity contribution in [2.45, 2.75) is 38.1 Å². The van der Waals surface area contributed by atoms with Gasteiger partial charge >= 0.3 is 5.97 Å². The Morgan fingerprint density at radius 1 is 1.35 bits per heavy atom. The highest BCUT2D eigenvalue weighted by Gasteiger charge is 2.43. The van der Waals surface area contributed by atoms with Crippen molar-refractivity contribution in [2.75, 3.05) is 13.1 Å². The summed E-state index contributed by atoms with van der Waals surface area (Å²) in [7, 11) is -3.44. The van der Waals surface area contributed by atoms with Crippen LogP contribution in [0.2, 0.25) is 0 Å². The van der Waals surface area contributed by atoms with E-state index >= 15 is 0 Å². The molecule has 1 aliphatic carbocycles. The molecule has 2 aliphatic rings. The van der Waals surface area contributed by atoms with Crippen LogP contribution in [-0.2, 0) is 15.0 Å². The first-order valence-electron chi connectivity index (χ1n) is 5.84. The molecule has 0 amide bonds. The lowest BCUT2D eigenvalue weighted by Gasteiger charge is -2.30. The quantitative estimate of drug-likeness (QED) is 0.756. The second-order valence-corrected chi connectivity index (χ2v) is 6.85. The first kappa shape index (κ1) is 12.8. The Labute approximate surface area is 101 Å². The van der Waals surface area contributed by atoms with Crippen molar-refractivity contribution in [3.8, 4) is 0 Å². The zero-order valence-electron chi connectivity index (χ0n) is 9.85. The van der Waals surface area contributed by atoms with Gasteiger partial charge in [0.2, 0.25) is 0 Å². The predicted molar refractivity (Wildman–Crippen MR) is 61.6 cm³/mol. The van der Waals surface area contributed by atoms with Gasteiger partial charge in [0, 0.05) is 18.6 Å². The molecular weight excluding hydrogens is 244 g/mol. The second-order valence-electron chi connectivity index (χ2n) is 5.18. The lowest BCUT2D eigenvalue weighted by Crippen LogP contribution is -2.49. The molecule has 1 saturated heterocycles. The summed E-state index contributed by atoms with van der Waals surface area (Å²) < 4.78 is 28.0. The fourth-order valence-electron chi connectivity index (χ4n) is 2.01. The highest BCUT2D eigenvalue weighted by Crippen LogP contribution is 2.35. The van der Waals surface area contributed by atoms with Crippen LogP contribution in [0.1, 0.15) is 32.6 Å². The summed E-state index contributed by atoms with van der Waals surface area (Å²) in [6.07, 6.45) is 2.54. The second kappa shape index (κ2) is 4.22. The van der Waals surface area contributed by atoms with E-state index in [2.05, 4.69) is 4.72 Å². The maximum atomic E-state index is 12.0. The predicted octanol–water partition coefficient (Wildman–Crippen LogP) is 0.170. The molecule has 0 atom stereocenters. The van der Waals surface area contributed by atoms with E-state index in [9.17, 15) is 13.2 Å². The molecule has 2 N–H and O–H groups in total. The van der Waals surface area contributed by atoms with Crippen molar-refractivity contribution in [3.05, 3.63) is 0 Å². The number of carboxylic acids is 1. The van der Waals surface area contributed by atoms with Crippen molar-refractivity contribution in [2.24, 2.45) is 5.92 Å². The molecule has 0 aromatic heterocycles. The van der Waals surface area contributed by atoms with Crippen LogP contribution in [0.4, 0.5) is 0 Å². The highest BCUT2D eigenvalue weighted by molar-refractivity contribution is 7.87. The summed E-state index contributed by atoms with van der Waals surface area (Å²) in [6.45, 7) is 2.47. The fraction of sp³-hybridized carbons (Fsp3) is 0.900. The van der Waals surface area contributed by atoms with Gasteiger partial charge in [0.25, 0.3) is 10.2 Å². The summed E-state index contributed by atoms with van der Waals surface area (Å²) in [6, 6.07) is 0. The fourth-order valence-corrected chi connectivity index (χ4v) is 3.66. The number of aliphatic carboxylic acids is 1. The Morgan fingerprint density at radius 3 is 2.29 bits per heavy atom. The zero-order valence-corrected chi connectivity index (χ0v) is 10.7. The Hall–Kier alpha value is -0.660. The van der Waals surface area contributed by atoms with Crippen LogP contribution in [-0.4, -0.2) is 42.4 Å². The van der Waals surface area contributed by atoms with Crippen LogP contribution >= 0.6 is 0 Å². The lowest BCUT2D eigenvalue weighted by molar-refractivity contribution is -0.142. The molecule has 98 valence electrons. The molecule has 0 radical (unpaired) electrons. The molecule has 0 spiro atoms. The Balaban J connectivity index is 1.93. The van der Waals surface area contributed by atoms with Gasteiger partial charge in [-0.05, 0) is 32.6 Å². The minimum Gasteiger partial charge on any atom is -0.481 e. The molecule has 0 aromatic rings. The van der Waals surface area contributed by atoms with Gasteiger partial charge in [-0.1, -0.05) is 0 Å². The average molecular weight is 262 g/mol. The molecular formula is C10H18N2O4S. The Kier molecular flexibility index (Phi) is 3.17. The van der Waals surface area contributed by atoms with Crippen molar-refractivity contribution >= 4 is 16.2 Å². The van der Waals surface area contributed by atoms with Crippen LogP contribution in [0.5, 0.6) is 0 Å². The first-order valence-corrected chi connectivity index (χ1v) is 7.28. The van der Waals surface area contributed by atoms with E-state index in [0.29, 0.717) is 25.9 Å². The molecule has 17 heavy (non-hydrogen) atoms. The summed E-state index contributed by atoms with van der Waals surface area (Å²) in [5.41, 5.74) is -0.275. The van der Waals surface area contributed by atoms with Crippen molar-refractivity contribution in [1.29, 1.82) is 0 Å². The van der Waals surface area contributed by atoms with Gasteiger partial charge in [0.15, 0.2) is 0 Å². The molecule has 2 rings (SSSR count). The molecule has 1 aliphatic heterocycles. The van der Waals surface area contributed by atoms with Crippen LogP contribution in [0.3, 0.4) is 0 Å². The molecule has 0 unspecified atom stereocenters. The number of nitrogens with one attached hydrogen (secondary N) is 1. The van der Waals surface area contributed by atoms with Gasteiger partial charge in [0.05, 0.1) is 5.92 Å². The van der Waals surface area contributed by atoms with E-state index in [0.717, 1.165) is 12.8 Å². The number of nitrogens with zero attached hydrogens (tertiary/aromatic N) is 1. The molecule has 2 fully saturated rings. The number of carbonyl (C=O) groups is 1. The number of hydrogen-bond donors (Lipinski definition) is 2. The van der Waals surface area contributed by atoms with E-state index < -0.39 is 22.1 Å². The lowest BCUT2D eigenvalue weighted by atomic mass is 9.99. The third-order valence-corrected chi connectivity index (χ3v) is 5.31. The maximum Gasteiger partial charge on any atom is 0.306 e. The number of hydrogen-bond acceptors (Lipinski definition) is 3. The van der Waals surface area contributed by atoms with Gasteiger partial charge in [-0.15, -0.1) is 0 Å². The summed E-state index contributed by atoms with van der Waals surface area (Å²) in [5.74, 6) is -1.23. The Morgan fingerprint density at radius 2 is 1.88 bits per heavy atom. The van der Waals surface area contributed by atoms with Crippen LogP contribution in [0, 0.1) is 5.92 Å². The maximum absolute atomic E-state index is 12.0. The minimum absolute atomic E-state index is 0.275. The number of piperidine rings is 1. The van der Waals surface area contributed by atoms with Crippen molar-refractivity contribution in [1.82, 2.24) is 9.03 Å². The number of rotatable bonds is 4. The summed E-state index contributed by atoms with van der Waals surface area (Å²) in [5, 5.41) is 8.84. The topological polar surface area (TPSA) is 86.7 Å². The Bertz CT molecular complexity index is 408. The summed E-state index contributed by atoms with van der Waals surface area (Å²) in [4.78, 5) is 10.8. The van der Waals surface area contributed by atoms with Crippen molar-refractivity contribution in [3.63, 3.8) is 0 Å². The highest BCUT2D eigenvalue weighted by atomic mass is 32.2. The minimum atomic E-state index is -3.44. The van der Waals surface area contributed by atoms with Crippen LogP contribution in [0.15, 0.2) is 0 Å². The largest absolute Gasteiger partial charge is 0.481 e. The molecule has 7 heteroatoms. The molecule has 6 nitrogen and oxygen atoms in total. The van der Waals surface area contributed by atoms with Gasteiger partial charge in [-0.2, -0.15) is 17.4 Å². The molecule has 1 heterocycles. The average Bonchev–Trinajstić information content (AvgIpc) is 2.95. The molecule has 0 bridgehead atoms.